The van der Waals surface area contributed by atoms with Crippen LogP contribution in [0.25, 0.3) is 11.1 Å². The topological polar surface area (TPSA) is 128 Å². The fourth-order valence-electron chi connectivity index (χ4n) is 4.87. The normalized spacial score (nSPS) is 18.5. The van der Waals surface area contributed by atoms with Crippen LogP contribution >= 0.6 is 15.9 Å². The number of hydrogen-bond donors (Lipinski definition) is 2. The molecule has 3 aromatic carbocycles. The van der Waals surface area contributed by atoms with Crippen molar-refractivity contribution >= 4 is 33.7 Å². The lowest BCUT2D eigenvalue weighted by molar-refractivity contribution is -0.385. The Morgan fingerprint density at radius 3 is 2.44 bits per heavy atom. The molecule has 0 heterocycles. The summed E-state index contributed by atoms with van der Waals surface area (Å²) >= 11 is 3.51. The van der Waals surface area contributed by atoms with Gasteiger partial charge < -0.3 is 19.9 Å². The fraction of sp³-hybridized carbons (Fsp3) is 0.310. The maximum absolute atomic E-state index is 12.6. The molecule has 2 N–H and O–H groups in total. The minimum atomic E-state index is -1.60. The summed E-state index contributed by atoms with van der Waals surface area (Å²) in [4.78, 5) is 36.6. The van der Waals surface area contributed by atoms with Crippen LogP contribution in [0.5, 0.6) is 11.5 Å². The van der Waals surface area contributed by atoms with Crippen molar-refractivity contribution in [2.45, 2.75) is 57.6 Å². The molecular formula is C29H29BrN2O7. The molecule has 0 bridgehead atoms. The van der Waals surface area contributed by atoms with E-state index in [1.54, 1.807) is 52.0 Å². The van der Waals surface area contributed by atoms with Crippen molar-refractivity contribution in [3.05, 3.63) is 86.4 Å². The Kier molecular flexibility index (Phi) is 7.70. The molecule has 10 heteroatoms. The first-order valence-electron chi connectivity index (χ1n) is 12.4. The van der Waals surface area contributed by atoms with Gasteiger partial charge in [-0.05, 0) is 68.5 Å². The highest BCUT2D eigenvalue weighted by molar-refractivity contribution is 9.10. The number of nitro groups is 1. The Bertz CT molecular complexity index is 1450. The van der Waals surface area contributed by atoms with Gasteiger partial charge >= 0.3 is 17.7 Å². The van der Waals surface area contributed by atoms with Crippen LogP contribution in [0.2, 0.25) is 0 Å². The number of halogens is 1. The van der Waals surface area contributed by atoms with Gasteiger partial charge in [0.25, 0.3) is 0 Å². The van der Waals surface area contributed by atoms with Gasteiger partial charge in [-0.2, -0.15) is 0 Å². The van der Waals surface area contributed by atoms with Crippen LogP contribution in [0.4, 0.5) is 10.5 Å². The Balaban J connectivity index is 1.74. The molecule has 0 fully saturated rings. The smallest absolute Gasteiger partial charge is 0.408 e. The second kappa shape index (κ2) is 10.7. The molecule has 0 spiro atoms. The lowest BCUT2D eigenvalue weighted by atomic mass is 9.70. The van der Waals surface area contributed by atoms with Gasteiger partial charge in [-0.1, -0.05) is 59.3 Å². The lowest BCUT2D eigenvalue weighted by Gasteiger charge is -2.41. The molecule has 0 saturated heterocycles. The number of para-hydroxylation sites is 1. The molecule has 3 aromatic rings. The van der Waals surface area contributed by atoms with Crippen LogP contribution < -0.4 is 10.1 Å². The van der Waals surface area contributed by atoms with E-state index in [9.17, 15) is 24.8 Å². The molecule has 2 unspecified atom stereocenters. The highest BCUT2D eigenvalue weighted by Crippen LogP contribution is 2.45. The highest BCUT2D eigenvalue weighted by atomic mass is 79.9. The third-order valence-electron chi connectivity index (χ3n) is 6.79. The summed E-state index contributed by atoms with van der Waals surface area (Å²) in [6, 6.07) is 17.3. The Labute approximate surface area is 234 Å². The summed E-state index contributed by atoms with van der Waals surface area (Å²) in [5.74, 6) is -1.45. The number of aryl methyl sites for hydroxylation is 1. The monoisotopic (exact) mass is 596 g/mol. The van der Waals surface area contributed by atoms with Gasteiger partial charge in [0.2, 0.25) is 5.75 Å². The number of nitro benzene ring substituents is 1. The number of carbonyl (C=O) groups is 2. The first-order valence-corrected chi connectivity index (χ1v) is 13.2. The first kappa shape index (κ1) is 28.1. The van der Waals surface area contributed by atoms with Crippen molar-refractivity contribution in [3.63, 3.8) is 0 Å². The van der Waals surface area contributed by atoms with Crippen molar-refractivity contribution in [1.29, 1.82) is 0 Å². The van der Waals surface area contributed by atoms with E-state index in [1.165, 1.54) is 6.07 Å². The van der Waals surface area contributed by atoms with Crippen LogP contribution in [0.1, 0.15) is 51.2 Å². The van der Waals surface area contributed by atoms with E-state index in [0.29, 0.717) is 28.9 Å². The maximum atomic E-state index is 12.6. The van der Waals surface area contributed by atoms with Gasteiger partial charge in [-0.3, -0.25) is 10.1 Å². The minimum Gasteiger partial charge on any atom is -0.479 e. The number of carboxylic acid groups (broad SMARTS) is 1. The number of alkyl carbamates (subject to hydrolysis) is 1. The zero-order chi connectivity index (χ0) is 28.5. The molecular weight excluding hydrogens is 568 g/mol. The average molecular weight is 597 g/mol. The summed E-state index contributed by atoms with van der Waals surface area (Å²) < 4.78 is 12.3. The molecule has 0 saturated carbocycles. The summed E-state index contributed by atoms with van der Waals surface area (Å²) in [5, 5.41) is 24.8. The van der Waals surface area contributed by atoms with Crippen molar-refractivity contribution in [2.75, 3.05) is 0 Å². The molecule has 2 atom stereocenters. The molecule has 39 heavy (non-hydrogen) atoms. The Morgan fingerprint density at radius 1 is 1.10 bits per heavy atom. The van der Waals surface area contributed by atoms with Gasteiger partial charge in [0.05, 0.1) is 4.92 Å². The fourth-order valence-corrected chi connectivity index (χ4v) is 5.37. The summed E-state index contributed by atoms with van der Waals surface area (Å²) in [6.45, 7) is 6.83. The number of aliphatic carboxylic acids is 1. The molecule has 1 aliphatic rings. The van der Waals surface area contributed by atoms with Gasteiger partial charge in [0.1, 0.15) is 16.9 Å². The minimum absolute atomic E-state index is 0.0641. The zero-order valence-corrected chi connectivity index (χ0v) is 23.6. The number of ether oxygens (including phenoxy) is 2. The number of fused-ring (bicyclic) bond motifs is 1. The Hall–Kier alpha value is -3.92. The van der Waals surface area contributed by atoms with Gasteiger partial charge in [0.15, 0.2) is 0 Å². The summed E-state index contributed by atoms with van der Waals surface area (Å²) in [5.41, 5.74) is 0.205. The summed E-state index contributed by atoms with van der Waals surface area (Å²) in [6.07, 6.45) is -0.243. The molecule has 9 nitrogen and oxygen atoms in total. The van der Waals surface area contributed by atoms with Crippen LogP contribution in [-0.2, 0) is 16.0 Å². The number of benzene rings is 3. The van der Waals surface area contributed by atoms with Gasteiger partial charge in [-0.15, -0.1) is 0 Å². The third-order valence-corrected chi connectivity index (χ3v) is 7.48. The number of nitrogens with zero attached hydrogens (tertiary/aromatic N) is 1. The van der Waals surface area contributed by atoms with E-state index < -0.39 is 34.0 Å². The van der Waals surface area contributed by atoms with E-state index in [1.807, 2.05) is 30.3 Å². The molecule has 204 valence electrons. The molecule has 1 amide bonds. The van der Waals surface area contributed by atoms with E-state index >= 15 is 0 Å². The van der Waals surface area contributed by atoms with Crippen LogP contribution in [0, 0.1) is 10.1 Å². The lowest BCUT2D eigenvalue weighted by Crippen LogP contribution is -2.60. The number of nitrogens with one attached hydrogen (secondary N) is 1. The molecule has 0 radical (unpaired) electrons. The predicted molar refractivity (Wildman–Crippen MR) is 149 cm³/mol. The Morgan fingerprint density at radius 2 is 1.79 bits per heavy atom. The van der Waals surface area contributed by atoms with E-state index in [4.69, 9.17) is 9.47 Å². The molecule has 4 rings (SSSR count). The van der Waals surface area contributed by atoms with Crippen LogP contribution in [-0.4, -0.2) is 33.2 Å². The zero-order valence-electron chi connectivity index (χ0n) is 22.0. The standard InChI is InChI=1S/C29H29BrN2O7/c1-17-22-16-19(13-12-18(22)14-15-29(17,26(33)34)31-27(35)39-28(2,3)4)38-25-21(9-7-11-24(25)32(36)37)20-8-5-6-10-23(20)30/h5-13,16-17H,14-15H2,1-4H3,(H,31,35)(H,33,34). The van der Waals surface area contributed by atoms with E-state index in [-0.39, 0.29) is 17.9 Å². The van der Waals surface area contributed by atoms with Crippen molar-refractivity contribution in [3.8, 4) is 22.6 Å². The van der Waals surface area contributed by atoms with Gasteiger partial charge in [-0.25, -0.2) is 9.59 Å². The van der Waals surface area contributed by atoms with Crippen LogP contribution in [0.3, 0.4) is 0 Å². The number of carboxylic acids is 1. The van der Waals surface area contributed by atoms with Crippen molar-refractivity contribution < 1.29 is 29.1 Å². The van der Waals surface area contributed by atoms with Crippen molar-refractivity contribution in [1.82, 2.24) is 5.32 Å². The maximum Gasteiger partial charge on any atom is 0.408 e. The first-order chi connectivity index (χ1) is 18.3. The second-order valence-corrected chi connectivity index (χ2v) is 11.3. The van der Waals surface area contributed by atoms with Gasteiger partial charge in [0, 0.05) is 22.0 Å². The van der Waals surface area contributed by atoms with E-state index in [2.05, 4.69) is 21.2 Å². The second-order valence-electron chi connectivity index (χ2n) is 10.5. The van der Waals surface area contributed by atoms with Crippen LogP contribution in [0.15, 0.2) is 65.1 Å². The number of hydrogen-bond acceptors (Lipinski definition) is 6. The van der Waals surface area contributed by atoms with Crippen molar-refractivity contribution in [2.24, 2.45) is 0 Å². The molecule has 1 aliphatic carbocycles. The highest BCUT2D eigenvalue weighted by Gasteiger charge is 2.49. The summed E-state index contributed by atoms with van der Waals surface area (Å²) in [7, 11) is 0. The van der Waals surface area contributed by atoms with E-state index in [0.717, 1.165) is 10.0 Å². The quantitative estimate of drug-likeness (QED) is 0.227. The number of rotatable bonds is 6. The number of carbonyl (C=O) groups excluding carboxylic acids is 1. The predicted octanol–water partition coefficient (Wildman–Crippen LogP) is 7.21. The number of amides is 1. The molecule has 0 aromatic heterocycles. The molecule has 0 aliphatic heterocycles. The SMILES string of the molecule is CC1c2cc(Oc3c(-c4ccccc4Br)cccc3[N+](=O)[O-])ccc2CCC1(NC(=O)OC(C)(C)C)C(=O)O. The largest absolute Gasteiger partial charge is 0.479 e. The average Bonchev–Trinajstić information content (AvgIpc) is 2.85. The third kappa shape index (κ3) is 5.75.